The van der Waals surface area contributed by atoms with Crippen molar-refractivity contribution in [2.45, 2.75) is 0 Å². The lowest BCUT2D eigenvalue weighted by molar-refractivity contribution is 0.616. The van der Waals surface area contributed by atoms with Gasteiger partial charge in [0, 0.05) is 10.8 Å². The fourth-order valence-electron chi connectivity index (χ4n) is 7.28. The Labute approximate surface area is 240 Å². The maximum absolute atomic E-state index is 5.84. The first kappa shape index (κ1) is 22.1. The van der Waals surface area contributed by atoms with E-state index in [1.54, 1.807) is 12.5 Å². The van der Waals surface area contributed by atoms with Gasteiger partial charge in [-0.2, -0.15) is 0 Å². The molecule has 2 heteroatoms. The number of rotatable bonds is 1. The van der Waals surface area contributed by atoms with Crippen LogP contribution in [0.4, 0.5) is 0 Å². The zero-order valence-electron chi connectivity index (χ0n) is 22.5. The number of benzene rings is 8. The Morgan fingerprint density at radius 2 is 0.833 bits per heavy atom. The second-order valence-electron chi connectivity index (χ2n) is 11.3. The first-order valence-electron chi connectivity index (χ1n) is 14.3. The van der Waals surface area contributed by atoms with E-state index in [4.69, 9.17) is 8.83 Å². The average Bonchev–Trinajstić information content (AvgIpc) is 3.72. The van der Waals surface area contributed by atoms with E-state index >= 15 is 0 Å². The minimum absolute atomic E-state index is 0.916. The van der Waals surface area contributed by atoms with Gasteiger partial charge in [-0.3, -0.25) is 0 Å². The minimum atomic E-state index is 0.916. The van der Waals surface area contributed by atoms with Gasteiger partial charge < -0.3 is 8.83 Å². The SMILES string of the molecule is c1ccc2c(c1)c1ccc(-c3cccc4c5ccccc5c5cc6occc6cc5c34)cc1c1cc3ccoc3cc21. The van der Waals surface area contributed by atoms with Crippen LogP contribution in [0, 0.1) is 0 Å². The van der Waals surface area contributed by atoms with E-state index in [-0.39, 0.29) is 0 Å². The number of fused-ring (bicyclic) bond motifs is 14. The summed E-state index contributed by atoms with van der Waals surface area (Å²) in [6, 6.07) is 44.3. The summed E-state index contributed by atoms with van der Waals surface area (Å²) in [6.45, 7) is 0. The van der Waals surface area contributed by atoms with Gasteiger partial charge in [0.15, 0.2) is 0 Å². The van der Waals surface area contributed by atoms with Crippen LogP contribution < -0.4 is 0 Å². The van der Waals surface area contributed by atoms with Crippen LogP contribution in [-0.2, 0) is 0 Å². The molecule has 0 aliphatic rings. The summed E-state index contributed by atoms with van der Waals surface area (Å²) in [4.78, 5) is 0. The molecule has 42 heavy (non-hydrogen) atoms. The van der Waals surface area contributed by atoms with Crippen molar-refractivity contribution in [2.24, 2.45) is 0 Å². The molecule has 2 aromatic heterocycles. The fraction of sp³-hybridized carbons (Fsp3) is 0. The van der Waals surface area contributed by atoms with Crippen LogP contribution in [0.2, 0.25) is 0 Å². The van der Waals surface area contributed by atoms with E-state index in [1.165, 1.54) is 75.8 Å². The lowest BCUT2D eigenvalue weighted by Gasteiger charge is -2.16. The van der Waals surface area contributed by atoms with Gasteiger partial charge in [0.2, 0.25) is 0 Å². The highest BCUT2D eigenvalue weighted by molar-refractivity contribution is 6.31. The second-order valence-corrected chi connectivity index (χ2v) is 11.3. The van der Waals surface area contributed by atoms with Gasteiger partial charge in [-0.1, -0.05) is 78.9 Å². The molecule has 2 nitrogen and oxygen atoms in total. The molecule has 194 valence electrons. The van der Waals surface area contributed by atoms with Crippen molar-refractivity contribution in [3.8, 4) is 11.1 Å². The normalized spacial score (nSPS) is 12.3. The van der Waals surface area contributed by atoms with Crippen molar-refractivity contribution in [2.75, 3.05) is 0 Å². The van der Waals surface area contributed by atoms with Crippen molar-refractivity contribution in [1.82, 2.24) is 0 Å². The molecule has 0 N–H and O–H groups in total. The zero-order chi connectivity index (χ0) is 27.4. The largest absolute Gasteiger partial charge is 0.464 e. The molecular weight excluding hydrogens is 512 g/mol. The van der Waals surface area contributed by atoms with Crippen LogP contribution in [0.1, 0.15) is 0 Å². The van der Waals surface area contributed by atoms with Crippen LogP contribution in [0.25, 0.3) is 97.7 Å². The van der Waals surface area contributed by atoms with E-state index in [0.29, 0.717) is 0 Å². The van der Waals surface area contributed by atoms with E-state index in [2.05, 4.69) is 121 Å². The fourth-order valence-corrected chi connectivity index (χ4v) is 7.28. The lowest BCUT2D eigenvalue weighted by Crippen LogP contribution is -1.89. The predicted molar refractivity (Wildman–Crippen MR) is 176 cm³/mol. The molecule has 8 aromatic carbocycles. The molecule has 0 saturated heterocycles. The van der Waals surface area contributed by atoms with Gasteiger partial charge in [-0.05, 0) is 118 Å². The highest BCUT2D eigenvalue weighted by atomic mass is 16.3. The van der Waals surface area contributed by atoms with Crippen molar-refractivity contribution in [1.29, 1.82) is 0 Å². The van der Waals surface area contributed by atoms with Gasteiger partial charge >= 0.3 is 0 Å². The molecule has 0 atom stereocenters. The molecule has 0 saturated carbocycles. The second kappa shape index (κ2) is 7.99. The molecule has 0 radical (unpaired) electrons. The molecular formula is C40H22O2. The van der Waals surface area contributed by atoms with Crippen LogP contribution in [0.5, 0.6) is 0 Å². The summed E-state index contributed by atoms with van der Waals surface area (Å²) in [5, 5.41) is 17.2. The number of hydrogen-bond donors (Lipinski definition) is 0. The molecule has 10 aromatic rings. The average molecular weight is 535 g/mol. The summed E-state index contributed by atoms with van der Waals surface area (Å²) in [5.74, 6) is 0. The van der Waals surface area contributed by atoms with Gasteiger partial charge in [0.05, 0.1) is 12.5 Å². The summed E-state index contributed by atoms with van der Waals surface area (Å²) in [7, 11) is 0. The number of furan rings is 2. The first-order valence-corrected chi connectivity index (χ1v) is 14.3. The van der Waals surface area contributed by atoms with Crippen LogP contribution in [0.15, 0.2) is 143 Å². The molecule has 0 aliphatic heterocycles. The summed E-state index contributed by atoms with van der Waals surface area (Å²) < 4.78 is 11.7. The number of hydrogen-bond acceptors (Lipinski definition) is 2. The predicted octanol–water partition coefficient (Wildman–Crippen LogP) is 11.8. The van der Waals surface area contributed by atoms with Crippen molar-refractivity contribution in [3.63, 3.8) is 0 Å². The van der Waals surface area contributed by atoms with Gasteiger partial charge in [0.1, 0.15) is 11.2 Å². The highest BCUT2D eigenvalue weighted by Crippen LogP contribution is 2.44. The quantitative estimate of drug-likeness (QED) is 0.196. The standard InChI is InChI=1S/C40H22O2/c1-3-8-29-27(6-1)31-13-12-23(18-33(31)34-19-24-14-16-41-38(24)21-35(29)34)26-10-5-11-32-28-7-2-4-9-30(28)36-22-39-25(15-17-42-39)20-37(36)40(26)32/h1-22H. The van der Waals surface area contributed by atoms with Crippen molar-refractivity contribution < 1.29 is 8.83 Å². The van der Waals surface area contributed by atoms with Crippen molar-refractivity contribution >= 4 is 86.6 Å². The van der Waals surface area contributed by atoms with Crippen LogP contribution in [-0.4, -0.2) is 0 Å². The van der Waals surface area contributed by atoms with Gasteiger partial charge in [0.25, 0.3) is 0 Å². The summed E-state index contributed by atoms with van der Waals surface area (Å²) in [5.41, 5.74) is 4.28. The molecule has 0 amide bonds. The molecule has 2 heterocycles. The smallest absolute Gasteiger partial charge is 0.134 e. The van der Waals surface area contributed by atoms with Crippen LogP contribution in [0.3, 0.4) is 0 Å². The molecule has 10 rings (SSSR count). The highest BCUT2D eigenvalue weighted by Gasteiger charge is 2.16. The summed E-state index contributed by atoms with van der Waals surface area (Å²) >= 11 is 0. The Morgan fingerprint density at radius 3 is 1.52 bits per heavy atom. The summed E-state index contributed by atoms with van der Waals surface area (Å²) in [6.07, 6.45) is 3.56. The van der Waals surface area contributed by atoms with E-state index in [1.807, 2.05) is 0 Å². The first-order chi connectivity index (χ1) is 20.8. The molecule has 0 bridgehead atoms. The maximum Gasteiger partial charge on any atom is 0.134 e. The van der Waals surface area contributed by atoms with E-state index in [9.17, 15) is 0 Å². The third kappa shape index (κ3) is 2.88. The Morgan fingerprint density at radius 1 is 0.333 bits per heavy atom. The Hall–Kier alpha value is -5.60. The molecule has 0 fully saturated rings. The third-order valence-corrected chi connectivity index (χ3v) is 9.15. The topological polar surface area (TPSA) is 26.3 Å². The molecule has 0 unspecified atom stereocenters. The van der Waals surface area contributed by atoms with Crippen molar-refractivity contribution in [3.05, 3.63) is 134 Å². The Bertz CT molecular complexity index is 2740. The molecule has 0 aliphatic carbocycles. The Balaban J connectivity index is 1.38. The third-order valence-electron chi connectivity index (χ3n) is 9.15. The van der Waals surface area contributed by atoms with E-state index in [0.717, 1.165) is 21.9 Å². The monoisotopic (exact) mass is 534 g/mol. The van der Waals surface area contributed by atoms with E-state index < -0.39 is 0 Å². The molecule has 0 spiro atoms. The minimum Gasteiger partial charge on any atom is -0.464 e. The van der Waals surface area contributed by atoms with Crippen LogP contribution >= 0.6 is 0 Å². The zero-order valence-corrected chi connectivity index (χ0v) is 22.5. The lowest BCUT2D eigenvalue weighted by atomic mass is 9.87. The Kier molecular flexibility index (Phi) is 4.21. The van der Waals surface area contributed by atoms with Gasteiger partial charge in [-0.15, -0.1) is 0 Å². The maximum atomic E-state index is 5.84. The van der Waals surface area contributed by atoms with Gasteiger partial charge in [-0.25, -0.2) is 0 Å².